The zero-order valence-corrected chi connectivity index (χ0v) is 11.9. The highest BCUT2D eigenvalue weighted by atomic mass is 16.2. The lowest BCUT2D eigenvalue weighted by Crippen LogP contribution is -2.38. The number of nitriles is 1. The van der Waals surface area contributed by atoms with E-state index in [2.05, 4.69) is 30.4 Å². The summed E-state index contributed by atoms with van der Waals surface area (Å²) in [6.45, 7) is 6.29. The van der Waals surface area contributed by atoms with Crippen LogP contribution in [0.25, 0.3) is 0 Å². The molecule has 3 nitrogen and oxygen atoms in total. The molecule has 0 aliphatic heterocycles. The number of rotatable bonds is 6. The first kappa shape index (κ1) is 15.2. The van der Waals surface area contributed by atoms with Crippen molar-refractivity contribution in [1.29, 1.82) is 5.26 Å². The lowest BCUT2D eigenvalue weighted by atomic mass is 9.88. The number of carbonyl (C=O) groups is 1. The Labute approximate surface area is 115 Å². The fourth-order valence-corrected chi connectivity index (χ4v) is 1.84. The topological polar surface area (TPSA) is 52.9 Å². The molecular formula is C16H22N2O. The van der Waals surface area contributed by atoms with Crippen LogP contribution in [0.5, 0.6) is 0 Å². The van der Waals surface area contributed by atoms with Crippen LogP contribution in [0.1, 0.15) is 45.1 Å². The van der Waals surface area contributed by atoms with Crippen LogP contribution < -0.4 is 5.32 Å². The van der Waals surface area contributed by atoms with Gasteiger partial charge >= 0.3 is 0 Å². The third-order valence-electron chi connectivity index (χ3n) is 3.69. The van der Waals surface area contributed by atoms with Gasteiger partial charge < -0.3 is 5.32 Å². The van der Waals surface area contributed by atoms with Crippen molar-refractivity contribution in [3.05, 3.63) is 35.9 Å². The SMILES string of the molecule is CCC(C)(C#N)C(=O)NCCC(C)c1ccccc1. The van der Waals surface area contributed by atoms with Gasteiger partial charge in [0, 0.05) is 6.54 Å². The van der Waals surface area contributed by atoms with E-state index in [0.717, 1.165) is 6.42 Å². The summed E-state index contributed by atoms with van der Waals surface area (Å²) in [5.41, 5.74) is 0.367. The van der Waals surface area contributed by atoms with Gasteiger partial charge in [-0.1, -0.05) is 44.2 Å². The minimum Gasteiger partial charge on any atom is -0.355 e. The van der Waals surface area contributed by atoms with E-state index >= 15 is 0 Å². The first-order valence-electron chi connectivity index (χ1n) is 6.78. The summed E-state index contributed by atoms with van der Waals surface area (Å²) in [5.74, 6) is 0.231. The fourth-order valence-electron chi connectivity index (χ4n) is 1.84. The van der Waals surface area contributed by atoms with Gasteiger partial charge in [-0.3, -0.25) is 4.79 Å². The van der Waals surface area contributed by atoms with Crippen LogP contribution in [0, 0.1) is 16.7 Å². The smallest absolute Gasteiger partial charge is 0.240 e. The predicted molar refractivity (Wildman–Crippen MR) is 76.5 cm³/mol. The van der Waals surface area contributed by atoms with E-state index in [0.29, 0.717) is 18.9 Å². The van der Waals surface area contributed by atoms with E-state index in [1.807, 2.05) is 25.1 Å². The van der Waals surface area contributed by atoms with E-state index in [-0.39, 0.29) is 5.91 Å². The number of carbonyl (C=O) groups excluding carboxylic acids is 1. The summed E-state index contributed by atoms with van der Waals surface area (Å²) in [4.78, 5) is 11.9. The Balaban J connectivity index is 2.43. The van der Waals surface area contributed by atoms with Crippen molar-refractivity contribution in [2.24, 2.45) is 5.41 Å². The fraction of sp³-hybridized carbons (Fsp3) is 0.500. The second-order valence-electron chi connectivity index (χ2n) is 5.15. The third kappa shape index (κ3) is 4.10. The normalized spacial score (nSPS) is 15.1. The van der Waals surface area contributed by atoms with Gasteiger partial charge in [-0.05, 0) is 31.2 Å². The molecule has 19 heavy (non-hydrogen) atoms. The average molecular weight is 258 g/mol. The van der Waals surface area contributed by atoms with Crippen LogP contribution in [0.4, 0.5) is 0 Å². The molecule has 2 atom stereocenters. The minimum atomic E-state index is -0.907. The summed E-state index contributed by atoms with van der Waals surface area (Å²) < 4.78 is 0. The Morgan fingerprint density at radius 2 is 2.05 bits per heavy atom. The van der Waals surface area contributed by atoms with Crippen molar-refractivity contribution in [3.63, 3.8) is 0 Å². The molecule has 1 amide bonds. The van der Waals surface area contributed by atoms with E-state index in [1.54, 1.807) is 6.92 Å². The highest BCUT2D eigenvalue weighted by molar-refractivity contribution is 5.84. The number of nitrogens with one attached hydrogen (secondary N) is 1. The lowest BCUT2D eigenvalue weighted by molar-refractivity contribution is -0.127. The maximum absolute atomic E-state index is 11.9. The highest BCUT2D eigenvalue weighted by Crippen LogP contribution is 2.21. The van der Waals surface area contributed by atoms with Gasteiger partial charge in [0.1, 0.15) is 5.41 Å². The Kier molecular flexibility index (Phi) is 5.57. The molecule has 1 rings (SSSR count). The van der Waals surface area contributed by atoms with E-state index in [1.165, 1.54) is 5.56 Å². The summed E-state index contributed by atoms with van der Waals surface area (Å²) in [7, 11) is 0. The van der Waals surface area contributed by atoms with Crippen LogP contribution in [-0.4, -0.2) is 12.5 Å². The van der Waals surface area contributed by atoms with E-state index < -0.39 is 5.41 Å². The molecule has 0 saturated heterocycles. The van der Waals surface area contributed by atoms with Gasteiger partial charge in [-0.25, -0.2) is 0 Å². The maximum atomic E-state index is 11.9. The molecule has 2 unspecified atom stereocenters. The van der Waals surface area contributed by atoms with Crippen molar-refractivity contribution in [1.82, 2.24) is 5.32 Å². The molecule has 0 aliphatic rings. The number of benzene rings is 1. The van der Waals surface area contributed by atoms with Crippen LogP contribution in [0.3, 0.4) is 0 Å². The average Bonchev–Trinajstić information content (AvgIpc) is 2.47. The first-order valence-corrected chi connectivity index (χ1v) is 6.78. The molecule has 1 N–H and O–H groups in total. The van der Waals surface area contributed by atoms with Crippen LogP contribution in [0.15, 0.2) is 30.3 Å². The quantitative estimate of drug-likeness (QED) is 0.851. The molecule has 0 radical (unpaired) electrons. The van der Waals surface area contributed by atoms with Crippen molar-refractivity contribution >= 4 is 5.91 Å². The van der Waals surface area contributed by atoms with Crippen molar-refractivity contribution < 1.29 is 4.79 Å². The number of hydrogen-bond acceptors (Lipinski definition) is 2. The van der Waals surface area contributed by atoms with Gasteiger partial charge in [0.05, 0.1) is 6.07 Å². The molecule has 0 aliphatic carbocycles. The molecule has 0 bridgehead atoms. The molecule has 102 valence electrons. The zero-order valence-electron chi connectivity index (χ0n) is 11.9. The molecule has 0 aromatic heterocycles. The summed E-state index contributed by atoms with van der Waals surface area (Å²) in [6.07, 6.45) is 1.41. The maximum Gasteiger partial charge on any atom is 0.240 e. The lowest BCUT2D eigenvalue weighted by Gasteiger charge is -2.19. The minimum absolute atomic E-state index is 0.169. The summed E-state index contributed by atoms with van der Waals surface area (Å²) in [6, 6.07) is 12.3. The number of hydrogen-bond donors (Lipinski definition) is 1. The molecule has 0 fully saturated rings. The molecular weight excluding hydrogens is 236 g/mol. The first-order chi connectivity index (χ1) is 9.03. The van der Waals surface area contributed by atoms with Gasteiger partial charge in [0.25, 0.3) is 0 Å². The van der Waals surface area contributed by atoms with Gasteiger partial charge in [-0.15, -0.1) is 0 Å². The zero-order chi connectivity index (χ0) is 14.3. The Hall–Kier alpha value is -1.82. The molecule has 0 heterocycles. The van der Waals surface area contributed by atoms with E-state index in [4.69, 9.17) is 5.26 Å². The Morgan fingerprint density at radius 1 is 1.42 bits per heavy atom. The van der Waals surface area contributed by atoms with Crippen molar-refractivity contribution in [2.75, 3.05) is 6.54 Å². The number of amides is 1. The predicted octanol–water partition coefficient (Wildman–Crippen LogP) is 3.24. The number of nitrogens with zero attached hydrogens (tertiary/aromatic N) is 1. The standard InChI is InChI=1S/C16H22N2O/c1-4-16(3,12-17)15(19)18-11-10-13(2)14-8-6-5-7-9-14/h5-9,13H,4,10-11H2,1-3H3,(H,18,19). The van der Waals surface area contributed by atoms with E-state index in [9.17, 15) is 4.79 Å². The molecule has 3 heteroatoms. The van der Waals surface area contributed by atoms with Crippen LogP contribution >= 0.6 is 0 Å². The molecule has 0 saturated carbocycles. The van der Waals surface area contributed by atoms with Crippen LogP contribution in [-0.2, 0) is 4.79 Å². The van der Waals surface area contributed by atoms with Crippen molar-refractivity contribution in [2.45, 2.75) is 39.5 Å². The second-order valence-corrected chi connectivity index (χ2v) is 5.15. The summed E-state index contributed by atoms with van der Waals surface area (Å²) >= 11 is 0. The van der Waals surface area contributed by atoms with Crippen LogP contribution in [0.2, 0.25) is 0 Å². The van der Waals surface area contributed by atoms with Crippen molar-refractivity contribution in [3.8, 4) is 6.07 Å². The Morgan fingerprint density at radius 3 is 2.58 bits per heavy atom. The largest absolute Gasteiger partial charge is 0.355 e. The van der Waals surface area contributed by atoms with Gasteiger partial charge in [0.15, 0.2) is 0 Å². The molecule has 1 aromatic carbocycles. The second kappa shape index (κ2) is 6.94. The third-order valence-corrected chi connectivity index (χ3v) is 3.69. The Bertz CT molecular complexity index is 450. The monoisotopic (exact) mass is 258 g/mol. The highest BCUT2D eigenvalue weighted by Gasteiger charge is 2.30. The van der Waals surface area contributed by atoms with Gasteiger partial charge in [-0.2, -0.15) is 5.26 Å². The summed E-state index contributed by atoms with van der Waals surface area (Å²) in [5, 5.41) is 11.9. The molecule has 1 aromatic rings. The molecule has 0 spiro atoms. The van der Waals surface area contributed by atoms with Gasteiger partial charge in [0.2, 0.25) is 5.91 Å².